The first-order valence-electron chi connectivity index (χ1n) is 9.76. The fourth-order valence-corrected chi connectivity index (χ4v) is 4.07. The van der Waals surface area contributed by atoms with E-state index >= 15 is 0 Å². The molecular weight excluding hydrogens is 483 g/mol. The lowest BCUT2D eigenvalue weighted by Gasteiger charge is -2.30. The molecule has 2 heterocycles. The molecule has 0 bridgehead atoms. The molecule has 3 N–H and O–H groups in total. The number of nitrogens with one attached hydrogen (secondary N) is 2. The smallest absolute Gasteiger partial charge is 0.191 e. The predicted octanol–water partition coefficient (Wildman–Crippen LogP) is 2.88. The number of aliphatic hydroxyl groups is 1. The van der Waals surface area contributed by atoms with Crippen molar-refractivity contribution in [2.24, 2.45) is 4.99 Å². The number of rotatable bonds is 8. The van der Waals surface area contributed by atoms with Crippen LogP contribution < -0.4 is 10.6 Å². The average molecular weight is 514 g/mol. The van der Waals surface area contributed by atoms with Crippen LogP contribution in [0.5, 0.6) is 0 Å². The van der Waals surface area contributed by atoms with E-state index in [0.717, 1.165) is 45.0 Å². The fourth-order valence-electron chi connectivity index (χ4n) is 3.36. The van der Waals surface area contributed by atoms with Crippen LogP contribution in [-0.4, -0.2) is 54.8 Å². The zero-order valence-corrected chi connectivity index (χ0v) is 19.6. The zero-order chi connectivity index (χ0) is 18.9. The number of benzene rings is 1. The summed E-state index contributed by atoms with van der Waals surface area (Å²) in [4.78, 5) is 8.25. The summed E-state index contributed by atoms with van der Waals surface area (Å²) < 4.78 is 0. The second-order valence-corrected chi connectivity index (χ2v) is 7.92. The maximum atomic E-state index is 10.4. The Bertz CT molecular complexity index is 723. The van der Waals surface area contributed by atoms with Gasteiger partial charge in [0.1, 0.15) is 0 Å². The molecule has 1 aromatic heterocycles. The van der Waals surface area contributed by atoms with E-state index in [2.05, 4.69) is 69.2 Å². The minimum absolute atomic E-state index is 0. The minimum atomic E-state index is -0.456. The van der Waals surface area contributed by atoms with Crippen molar-refractivity contribution in [3.8, 4) is 0 Å². The van der Waals surface area contributed by atoms with Crippen molar-refractivity contribution in [3.05, 3.63) is 57.8 Å². The van der Waals surface area contributed by atoms with Gasteiger partial charge in [-0.25, -0.2) is 0 Å². The first kappa shape index (κ1) is 23.1. The molecule has 0 spiro atoms. The third kappa shape index (κ3) is 7.35. The van der Waals surface area contributed by atoms with Crippen molar-refractivity contribution in [2.75, 3.05) is 32.7 Å². The molecule has 0 saturated carbocycles. The van der Waals surface area contributed by atoms with Gasteiger partial charge in [-0.05, 0) is 42.3 Å². The van der Waals surface area contributed by atoms with Crippen molar-refractivity contribution in [3.63, 3.8) is 0 Å². The Labute approximate surface area is 189 Å². The molecule has 1 unspecified atom stereocenters. The zero-order valence-electron chi connectivity index (χ0n) is 16.4. The molecule has 0 radical (unpaired) electrons. The Morgan fingerprint density at radius 2 is 2.04 bits per heavy atom. The Kier molecular flexibility index (Phi) is 10.3. The first-order valence-corrected chi connectivity index (χ1v) is 10.6. The summed E-state index contributed by atoms with van der Waals surface area (Å²) >= 11 is 1.77. The molecule has 7 heteroatoms. The van der Waals surface area contributed by atoms with E-state index in [1.807, 2.05) is 0 Å². The van der Waals surface area contributed by atoms with Gasteiger partial charge in [-0.3, -0.25) is 9.89 Å². The van der Waals surface area contributed by atoms with Gasteiger partial charge in [0.2, 0.25) is 0 Å². The van der Waals surface area contributed by atoms with E-state index in [0.29, 0.717) is 13.1 Å². The first-order chi connectivity index (χ1) is 13.2. The van der Waals surface area contributed by atoms with Crippen molar-refractivity contribution in [1.29, 1.82) is 0 Å². The van der Waals surface area contributed by atoms with Gasteiger partial charge >= 0.3 is 0 Å². The van der Waals surface area contributed by atoms with Crippen LogP contribution in [0.15, 0.2) is 46.8 Å². The molecule has 28 heavy (non-hydrogen) atoms. The summed E-state index contributed by atoms with van der Waals surface area (Å²) in [6.45, 7) is 6.68. The topological polar surface area (TPSA) is 59.9 Å². The number of guanidine groups is 1. The lowest BCUT2D eigenvalue weighted by Crippen LogP contribution is -2.40. The molecule has 1 aromatic carbocycles. The van der Waals surface area contributed by atoms with E-state index in [9.17, 15) is 5.11 Å². The molecule has 0 amide bonds. The number of hydrogen-bond donors (Lipinski definition) is 3. The van der Waals surface area contributed by atoms with Gasteiger partial charge < -0.3 is 15.7 Å². The molecule has 2 aromatic rings. The van der Waals surface area contributed by atoms with Crippen molar-refractivity contribution in [2.45, 2.75) is 32.4 Å². The normalized spacial score (nSPS) is 15.4. The number of nitrogens with zero attached hydrogens (tertiary/aromatic N) is 2. The van der Waals surface area contributed by atoms with Crippen LogP contribution in [-0.2, 0) is 19.4 Å². The van der Waals surface area contributed by atoms with E-state index < -0.39 is 6.10 Å². The van der Waals surface area contributed by atoms with Crippen molar-refractivity contribution in [1.82, 2.24) is 15.5 Å². The number of aliphatic imine (C=N–C) groups is 1. The maximum absolute atomic E-state index is 10.4. The Hall–Kier alpha value is -1.16. The highest BCUT2D eigenvalue weighted by atomic mass is 127. The van der Waals surface area contributed by atoms with Crippen molar-refractivity contribution >= 4 is 41.3 Å². The molecule has 3 rings (SSSR count). The highest BCUT2D eigenvalue weighted by molar-refractivity contribution is 14.0. The van der Waals surface area contributed by atoms with Crippen molar-refractivity contribution < 1.29 is 5.11 Å². The lowest BCUT2D eigenvalue weighted by atomic mass is 10.00. The van der Waals surface area contributed by atoms with Crippen LogP contribution >= 0.6 is 35.3 Å². The Morgan fingerprint density at radius 1 is 1.21 bits per heavy atom. The van der Waals surface area contributed by atoms with Gasteiger partial charge in [0.05, 0.1) is 12.6 Å². The Morgan fingerprint density at radius 3 is 2.79 bits per heavy atom. The standard InChI is InChI=1S/C21H30N4OS.HI/c1-2-22-21(23-11-9-20-8-5-13-27-20)24-14-19(26)16-25-12-10-17-6-3-4-7-18(17)15-25;/h3-8,13,19,26H,2,9-12,14-16H2,1H3,(H2,22,23,24);1H. The van der Waals surface area contributed by atoms with Gasteiger partial charge in [0, 0.05) is 37.6 Å². The number of fused-ring (bicyclic) bond motifs is 1. The third-order valence-corrected chi connectivity index (χ3v) is 5.66. The van der Waals surface area contributed by atoms with E-state index in [1.54, 1.807) is 11.3 Å². The monoisotopic (exact) mass is 514 g/mol. The Balaban J connectivity index is 0.00000280. The van der Waals surface area contributed by atoms with Crippen LogP contribution in [0.25, 0.3) is 0 Å². The van der Waals surface area contributed by atoms with Gasteiger partial charge in [-0.15, -0.1) is 35.3 Å². The third-order valence-electron chi connectivity index (χ3n) is 4.73. The molecule has 154 valence electrons. The summed E-state index contributed by atoms with van der Waals surface area (Å²) in [6, 6.07) is 12.8. The van der Waals surface area contributed by atoms with Gasteiger partial charge in [-0.2, -0.15) is 0 Å². The highest BCUT2D eigenvalue weighted by Crippen LogP contribution is 2.18. The number of hydrogen-bond acceptors (Lipinski definition) is 4. The number of aliphatic hydroxyl groups excluding tert-OH is 1. The maximum Gasteiger partial charge on any atom is 0.191 e. The van der Waals surface area contributed by atoms with Gasteiger partial charge in [0.25, 0.3) is 0 Å². The predicted molar refractivity (Wildman–Crippen MR) is 129 cm³/mol. The molecule has 1 aliphatic heterocycles. The number of thiophene rings is 1. The second-order valence-electron chi connectivity index (χ2n) is 6.88. The fraction of sp³-hybridized carbons (Fsp3) is 0.476. The van der Waals surface area contributed by atoms with Crippen LogP contribution in [0.1, 0.15) is 22.9 Å². The van der Waals surface area contributed by atoms with Crippen LogP contribution in [0.2, 0.25) is 0 Å². The summed E-state index contributed by atoms with van der Waals surface area (Å²) in [6.07, 6.45) is 1.58. The van der Waals surface area contributed by atoms with Crippen LogP contribution in [0, 0.1) is 0 Å². The summed E-state index contributed by atoms with van der Waals surface area (Å²) in [5, 5.41) is 19.1. The molecular formula is C21H31IN4OS. The van der Waals surface area contributed by atoms with Crippen LogP contribution in [0.3, 0.4) is 0 Å². The summed E-state index contributed by atoms with van der Waals surface area (Å²) in [5.41, 5.74) is 2.81. The summed E-state index contributed by atoms with van der Waals surface area (Å²) in [5.74, 6) is 0.775. The largest absolute Gasteiger partial charge is 0.390 e. The minimum Gasteiger partial charge on any atom is -0.390 e. The molecule has 0 saturated heterocycles. The molecule has 1 aliphatic rings. The van der Waals surface area contributed by atoms with Crippen LogP contribution in [0.4, 0.5) is 0 Å². The SMILES string of the molecule is CCNC(=NCC(O)CN1CCc2ccccc2C1)NCCc1cccs1.I. The molecule has 0 aliphatic carbocycles. The van der Waals surface area contributed by atoms with E-state index in [1.165, 1.54) is 16.0 Å². The lowest BCUT2D eigenvalue weighted by molar-refractivity contribution is 0.111. The van der Waals surface area contributed by atoms with Gasteiger partial charge in [0.15, 0.2) is 5.96 Å². The van der Waals surface area contributed by atoms with Gasteiger partial charge in [-0.1, -0.05) is 30.3 Å². The van der Waals surface area contributed by atoms with E-state index in [-0.39, 0.29) is 24.0 Å². The summed E-state index contributed by atoms with van der Waals surface area (Å²) in [7, 11) is 0. The molecule has 0 fully saturated rings. The molecule has 5 nitrogen and oxygen atoms in total. The highest BCUT2D eigenvalue weighted by Gasteiger charge is 2.18. The van der Waals surface area contributed by atoms with E-state index in [4.69, 9.17) is 0 Å². The molecule has 1 atom stereocenters. The quantitative estimate of drug-likeness (QED) is 0.288. The number of halogens is 1. The average Bonchev–Trinajstić information content (AvgIpc) is 3.19. The number of β-amino-alcohol motifs (C(OH)–C–C–N with tert-alkyl or cyclic N) is 1. The second kappa shape index (κ2) is 12.4.